The second kappa shape index (κ2) is 8.19. The Bertz CT molecular complexity index is 1100. The summed E-state index contributed by atoms with van der Waals surface area (Å²) < 4.78 is 12.4. The lowest BCUT2D eigenvalue weighted by Gasteiger charge is -2.23. The maximum Gasteiger partial charge on any atom is 0.330 e. The number of ether oxygens (including phenoxy) is 2. The molecule has 0 spiro atoms. The highest BCUT2D eigenvalue weighted by molar-refractivity contribution is 6.21. The van der Waals surface area contributed by atoms with Crippen LogP contribution in [0, 0.1) is 6.92 Å². The van der Waals surface area contributed by atoms with Gasteiger partial charge < -0.3 is 19.7 Å². The van der Waals surface area contributed by atoms with Crippen LogP contribution in [0.15, 0.2) is 40.1 Å². The van der Waals surface area contributed by atoms with E-state index in [4.69, 9.17) is 9.47 Å². The van der Waals surface area contributed by atoms with Crippen molar-refractivity contribution in [1.82, 2.24) is 14.5 Å². The number of nitrogens with zero attached hydrogens (tertiary/aromatic N) is 2. The van der Waals surface area contributed by atoms with Crippen LogP contribution in [-0.4, -0.2) is 74.5 Å². The molecule has 4 rings (SSSR count). The number of nitrogens with one attached hydrogen (secondary N) is 1. The van der Waals surface area contributed by atoms with E-state index >= 15 is 0 Å². The zero-order valence-corrected chi connectivity index (χ0v) is 16.6. The highest BCUT2D eigenvalue weighted by Crippen LogP contribution is 2.31. The normalized spacial score (nSPS) is 25.3. The van der Waals surface area contributed by atoms with Crippen LogP contribution in [0.5, 0.6) is 0 Å². The average molecular weight is 431 g/mol. The van der Waals surface area contributed by atoms with E-state index in [-0.39, 0.29) is 18.7 Å². The number of benzene rings is 1. The van der Waals surface area contributed by atoms with E-state index in [0.29, 0.717) is 11.1 Å². The molecule has 2 amide bonds. The molecular formula is C20H21N3O8. The summed E-state index contributed by atoms with van der Waals surface area (Å²) in [5.74, 6) is -0.880. The van der Waals surface area contributed by atoms with E-state index in [1.165, 1.54) is 13.1 Å². The SMILES string of the molecule is Cc1cn([C@@H]2O[C@H](CO)C(O)[C@@H]2OCCN2C(=O)c3ccccc3C2=O)c(=O)[nH]c1=O. The number of aromatic nitrogens is 2. The third kappa shape index (κ3) is 3.61. The molecule has 2 aliphatic heterocycles. The summed E-state index contributed by atoms with van der Waals surface area (Å²) in [6.45, 7) is 0.767. The lowest BCUT2D eigenvalue weighted by atomic mass is 10.1. The number of H-pyrrole nitrogens is 1. The predicted octanol–water partition coefficient (Wildman–Crippen LogP) is -1.22. The Morgan fingerprint density at radius 1 is 1.13 bits per heavy atom. The maximum atomic E-state index is 12.5. The van der Waals surface area contributed by atoms with Crippen molar-refractivity contribution in [2.45, 2.75) is 31.5 Å². The summed E-state index contributed by atoms with van der Waals surface area (Å²) in [4.78, 5) is 52.0. The molecule has 11 nitrogen and oxygen atoms in total. The number of carbonyl (C=O) groups is 2. The first-order valence-corrected chi connectivity index (χ1v) is 9.66. The molecular weight excluding hydrogens is 410 g/mol. The van der Waals surface area contributed by atoms with Crippen LogP contribution < -0.4 is 11.2 Å². The van der Waals surface area contributed by atoms with Crippen molar-refractivity contribution in [1.29, 1.82) is 0 Å². The van der Waals surface area contributed by atoms with Gasteiger partial charge in [-0.25, -0.2) is 4.79 Å². The van der Waals surface area contributed by atoms with Gasteiger partial charge in [0.1, 0.15) is 18.3 Å². The number of hydrogen-bond donors (Lipinski definition) is 3. The van der Waals surface area contributed by atoms with Crippen LogP contribution >= 0.6 is 0 Å². The number of hydrogen-bond acceptors (Lipinski definition) is 8. The zero-order chi connectivity index (χ0) is 22.3. The molecule has 1 fully saturated rings. The van der Waals surface area contributed by atoms with E-state index in [1.54, 1.807) is 24.3 Å². The van der Waals surface area contributed by atoms with Crippen LogP contribution in [0.1, 0.15) is 32.5 Å². The first-order chi connectivity index (χ1) is 14.8. The van der Waals surface area contributed by atoms with E-state index in [9.17, 15) is 29.4 Å². The number of fused-ring (bicyclic) bond motifs is 1. The molecule has 2 aromatic rings. The van der Waals surface area contributed by atoms with Gasteiger partial charge in [-0.1, -0.05) is 12.1 Å². The van der Waals surface area contributed by atoms with Crippen molar-refractivity contribution in [3.05, 3.63) is 68.0 Å². The number of aryl methyl sites for hydroxylation is 1. The van der Waals surface area contributed by atoms with Crippen molar-refractivity contribution < 1.29 is 29.3 Å². The molecule has 0 saturated carbocycles. The Kier molecular flexibility index (Phi) is 5.58. The molecule has 0 bridgehead atoms. The Balaban J connectivity index is 1.51. The summed E-state index contributed by atoms with van der Waals surface area (Å²) in [6.07, 6.45) is -3.24. The molecule has 3 N–H and O–H groups in total. The lowest BCUT2D eigenvalue weighted by molar-refractivity contribution is -0.0755. The largest absolute Gasteiger partial charge is 0.394 e. The van der Waals surface area contributed by atoms with Crippen LogP contribution in [-0.2, 0) is 9.47 Å². The molecule has 3 heterocycles. The highest BCUT2D eigenvalue weighted by Gasteiger charge is 2.46. The van der Waals surface area contributed by atoms with Gasteiger partial charge in [-0.2, -0.15) is 0 Å². The number of imide groups is 1. The van der Waals surface area contributed by atoms with Crippen molar-refractivity contribution in [3.63, 3.8) is 0 Å². The fourth-order valence-electron chi connectivity index (χ4n) is 3.77. The van der Waals surface area contributed by atoms with Crippen molar-refractivity contribution in [2.75, 3.05) is 19.8 Å². The van der Waals surface area contributed by atoms with Crippen molar-refractivity contribution in [2.24, 2.45) is 0 Å². The van der Waals surface area contributed by atoms with Crippen molar-refractivity contribution in [3.8, 4) is 0 Å². The molecule has 11 heteroatoms. The molecule has 4 atom stereocenters. The second-order valence-corrected chi connectivity index (χ2v) is 7.36. The summed E-state index contributed by atoms with van der Waals surface area (Å²) in [5, 5.41) is 20.0. The van der Waals surface area contributed by atoms with Crippen LogP contribution in [0.25, 0.3) is 0 Å². The smallest absolute Gasteiger partial charge is 0.330 e. The van der Waals surface area contributed by atoms with Crippen LogP contribution in [0.3, 0.4) is 0 Å². The minimum atomic E-state index is -1.28. The molecule has 1 aromatic heterocycles. The van der Waals surface area contributed by atoms with E-state index < -0.39 is 54.2 Å². The number of aromatic amines is 1. The second-order valence-electron chi connectivity index (χ2n) is 7.36. The van der Waals surface area contributed by atoms with E-state index in [2.05, 4.69) is 4.98 Å². The van der Waals surface area contributed by atoms with Crippen LogP contribution in [0.2, 0.25) is 0 Å². The first kappa shape index (κ1) is 21.1. The fourth-order valence-corrected chi connectivity index (χ4v) is 3.77. The number of rotatable bonds is 6. The maximum absolute atomic E-state index is 12.5. The quantitative estimate of drug-likeness (QED) is 0.482. The molecule has 164 valence electrons. The molecule has 1 aromatic carbocycles. The monoisotopic (exact) mass is 431 g/mol. The summed E-state index contributed by atoms with van der Waals surface area (Å²) >= 11 is 0. The standard InChI is InChI=1S/C20H21N3O8/c1-10-8-23(20(29)21-16(10)26)19-15(14(25)13(9-24)31-19)30-7-6-22-17(27)11-4-2-3-5-12(11)18(22)28/h2-5,8,13-15,19,24-25H,6-7,9H2,1H3,(H,21,26,29)/t13-,14?,15+,19-/m1/s1. The first-order valence-electron chi connectivity index (χ1n) is 9.66. The Labute approximate surface area is 175 Å². The van der Waals surface area contributed by atoms with Gasteiger partial charge >= 0.3 is 5.69 Å². The van der Waals surface area contributed by atoms with Gasteiger partial charge in [-0.15, -0.1) is 0 Å². The molecule has 0 aliphatic carbocycles. The summed E-state index contributed by atoms with van der Waals surface area (Å²) in [6, 6.07) is 6.47. The highest BCUT2D eigenvalue weighted by atomic mass is 16.6. The number of aliphatic hydroxyl groups is 2. The van der Waals surface area contributed by atoms with E-state index in [0.717, 1.165) is 9.47 Å². The molecule has 0 radical (unpaired) electrons. The summed E-state index contributed by atoms with van der Waals surface area (Å²) in [5.41, 5.74) is -0.452. The van der Waals surface area contributed by atoms with Gasteiger partial charge in [-0.05, 0) is 19.1 Å². The van der Waals surface area contributed by atoms with E-state index in [1.807, 2.05) is 0 Å². The Morgan fingerprint density at radius 2 is 1.77 bits per heavy atom. The van der Waals surface area contributed by atoms with Gasteiger partial charge in [0.15, 0.2) is 6.23 Å². The minimum Gasteiger partial charge on any atom is -0.394 e. The third-order valence-corrected chi connectivity index (χ3v) is 5.42. The van der Waals surface area contributed by atoms with Gasteiger partial charge in [0.05, 0.1) is 30.9 Å². The third-order valence-electron chi connectivity index (χ3n) is 5.42. The topological polar surface area (TPSA) is 151 Å². The van der Waals surface area contributed by atoms with Gasteiger partial charge in [-0.3, -0.25) is 28.8 Å². The average Bonchev–Trinajstić information content (AvgIpc) is 3.20. The predicted molar refractivity (Wildman–Crippen MR) is 105 cm³/mol. The van der Waals surface area contributed by atoms with Gasteiger partial charge in [0.25, 0.3) is 17.4 Å². The number of aliphatic hydroxyl groups excluding tert-OH is 2. The number of carbonyl (C=O) groups excluding carboxylic acids is 2. The molecule has 31 heavy (non-hydrogen) atoms. The van der Waals surface area contributed by atoms with Crippen LogP contribution in [0.4, 0.5) is 0 Å². The van der Waals surface area contributed by atoms with Crippen molar-refractivity contribution >= 4 is 11.8 Å². The minimum absolute atomic E-state index is 0.0778. The summed E-state index contributed by atoms with van der Waals surface area (Å²) in [7, 11) is 0. The zero-order valence-electron chi connectivity index (χ0n) is 16.6. The van der Waals surface area contributed by atoms with Gasteiger partial charge in [0.2, 0.25) is 0 Å². The molecule has 2 aliphatic rings. The van der Waals surface area contributed by atoms with Gasteiger partial charge in [0, 0.05) is 11.8 Å². The number of amides is 2. The Hall–Kier alpha value is -3.12. The molecule has 1 saturated heterocycles. The molecule has 1 unspecified atom stereocenters. The Morgan fingerprint density at radius 3 is 2.39 bits per heavy atom. The lowest BCUT2D eigenvalue weighted by Crippen LogP contribution is -2.41. The fraction of sp³-hybridized carbons (Fsp3) is 0.400.